The zero-order valence-electron chi connectivity index (χ0n) is 23.6. The standard InChI is InChI=1S/C28H33N3O9S2/c1-19-12-23(37-3)13-20(2)27(19)42(35,36)31(16-22-10-11-25-26(14-22)39-18-38-25)24(15-29-41(4,33)34)28(32)30-40-17-21-8-6-5-7-9-21/h5-14,24,29H,15-18H2,1-4H3,(H,30,32)/t24-/m1/s1. The minimum atomic E-state index is -4.43. The van der Waals surface area contributed by atoms with E-state index in [1.165, 1.54) is 7.11 Å². The number of aryl methyl sites for hydroxylation is 2. The number of nitrogens with one attached hydrogen (secondary N) is 2. The highest BCUT2D eigenvalue weighted by atomic mass is 32.2. The molecule has 1 amide bonds. The molecule has 2 N–H and O–H groups in total. The van der Waals surface area contributed by atoms with Gasteiger partial charge in [-0.2, -0.15) is 4.31 Å². The first kappa shape index (κ1) is 31.3. The van der Waals surface area contributed by atoms with E-state index < -0.39 is 38.5 Å². The number of hydroxylamine groups is 1. The zero-order chi connectivity index (χ0) is 30.5. The number of fused-ring (bicyclic) bond motifs is 1. The smallest absolute Gasteiger partial charge is 0.263 e. The van der Waals surface area contributed by atoms with E-state index in [0.29, 0.717) is 33.9 Å². The van der Waals surface area contributed by atoms with Crippen LogP contribution in [0.25, 0.3) is 0 Å². The topological polar surface area (TPSA) is 150 Å². The summed E-state index contributed by atoms with van der Waals surface area (Å²) in [5.74, 6) is 0.518. The van der Waals surface area contributed by atoms with Crippen molar-refractivity contribution in [3.8, 4) is 17.2 Å². The van der Waals surface area contributed by atoms with Gasteiger partial charge < -0.3 is 14.2 Å². The van der Waals surface area contributed by atoms with Crippen LogP contribution in [0.3, 0.4) is 0 Å². The molecule has 12 nitrogen and oxygen atoms in total. The van der Waals surface area contributed by atoms with Gasteiger partial charge in [-0.25, -0.2) is 27.0 Å². The number of methoxy groups -OCH3 is 1. The van der Waals surface area contributed by atoms with Crippen LogP contribution >= 0.6 is 0 Å². The van der Waals surface area contributed by atoms with Crippen molar-refractivity contribution in [2.45, 2.75) is 37.9 Å². The minimum Gasteiger partial charge on any atom is -0.497 e. The van der Waals surface area contributed by atoms with Crippen molar-refractivity contribution >= 4 is 26.0 Å². The third-order valence-electron chi connectivity index (χ3n) is 6.46. The number of hydrogen-bond donors (Lipinski definition) is 2. The van der Waals surface area contributed by atoms with E-state index in [9.17, 15) is 21.6 Å². The first-order valence-corrected chi connectivity index (χ1v) is 16.2. The highest BCUT2D eigenvalue weighted by Crippen LogP contribution is 2.35. The van der Waals surface area contributed by atoms with Crippen molar-refractivity contribution in [1.82, 2.24) is 14.5 Å². The fourth-order valence-corrected chi connectivity index (χ4v) is 6.97. The van der Waals surface area contributed by atoms with E-state index in [2.05, 4.69) is 10.2 Å². The number of benzene rings is 3. The molecule has 1 aliphatic rings. The summed E-state index contributed by atoms with van der Waals surface area (Å²) in [6, 6.07) is 15.5. The van der Waals surface area contributed by atoms with Crippen molar-refractivity contribution in [2.24, 2.45) is 0 Å². The van der Waals surface area contributed by atoms with Gasteiger partial charge in [-0.3, -0.25) is 9.63 Å². The molecule has 226 valence electrons. The molecule has 0 fully saturated rings. The number of nitrogens with zero attached hydrogens (tertiary/aromatic N) is 1. The Kier molecular flexibility index (Phi) is 9.74. The van der Waals surface area contributed by atoms with Gasteiger partial charge in [0.05, 0.1) is 24.9 Å². The molecule has 42 heavy (non-hydrogen) atoms. The minimum absolute atomic E-state index is 0.00438. The molecule has 14 heteroatoms. The molecule has 1 heterocycles. The lowest BCUT2D eigenvalue weighted by molar-refractivity contribution is -0.138. The molecule has 0 bridgehead atoms. The summed E-state index contributed by atoms with van der Waals surface area (Å²) < 4.78 is 72.3. The first-order valence-electron chi connectivity index (χ1n) is 12.8. The summed E-state index contributed by atoms with van der Waals surface area (Å²) in [5, 5.41) is 0. The predicted octanol–water partition coefficient (Wildman–Crippen LogP) is 2.40. The van der Waals surface area contributed by atoms with Crippen LogP contribution in [0.4, 0.5) is 0 Å². The van der Waals surface area contributed by atoms with Crippen LogP contribution in [0.5, 0.6) is 17.2 Å². The Hall–Kier alpha value is -3.69. The molecule has 3 aromatic rings. The van der Waals surface area contributed by atoms with E-state index in [1.54, 1.807) is 68.4 Å². The summed E-state index contributed by atoms with van der Waals surface area (Å²) in [6.45, 7) is 2.41. The van der Waals surface area contributed by atoms with Crippen molar-refractivity contribution in [2.75, 3.05) is 26.7 Å². The fraction of sp³-hybridized carbons (Fsp3) is 0.321. The maximum atomic E-state index is 14.4. The van der Waals surface area contributed by atoms with Crippen LogP contribution in [0.2, 0.25) is 0 Å². The molecule has 0 unspecified atom stereocenters. The molecule has 0 saturated heterocycles. The maximum absolute atomic E-state index is 14.4. The van der Waals surface area contributed by atoms with Gasteiger partial charge in [-0.05, 0) is 60.4 Å². The Balaban J connectivity index is 1.75. The highest BCUT2D eigenvalue weighted by Gasteiger charge is 2.38. The predicted molar refractivity (Wildman–Crippen MR) is 154 cm³/mol. The van der Waals surface area contributed by atoms with E-state index in [4.69, 9.17) is 19.0 Å². The number of rotatable bonds is 13. The average Bonchev–Trinajstić information content (AvgIpc) is 3.40. The summed E-state index contributed by atoms with van der Waals surface area (Å²) in [4.78, 5) is 18.9. The van der Waals surface area contributed by atoms with E-state index in [0.717, 1.165) is 16.1 Å². The van der Waals surface area contributed by atoms with Gasteiger partial charge >= 0.3 is 0 Å². The van der Waals surface area contributed by atoms with Gasteiger partial charge in [0.15, 0.2) is 11.5 Å². The number of carbonyl (C=O) groups excluding carboxylic acids is 1. The number of carbonyl (C=O) groups is 1. The lowest BCUT2D eigenvalue weighted by Crippen LogP contribution is -2.54. The monoisotopic (exact) mass is 619 g/mol. The molecule has 0 saturated carbocycles. The van der Waals surface area contributed by atoms with E-state index >= 15 is 0 Å². The van der Waals surface area contributed by atoms with Crippen molar-refractivity contribution < 1.29 is 40.7 Å². The largest absolute Gasteiger partial charge is 0.497 e. The molecule has 1 aliphatic heterocycles. The van der Waals surface area contributed by atoms with Crippen LogP contribution < -0.4 is 24.4 Å². The summed E-state index contributed by atoms with van der Waals surface area (Å²) in [6.07, 6.45) is 0.919. The number of sulfonamides is 2. The Morgan fingerprint density at radius 1 is 0.952 bits per heavy atom. The van der Waals surface area contributed by atoms with E-state index in [1.807, 2.05) is 6.07 Å². The van der Waals surface area contributed by atoms with Gasteiger partial charge in [0.1, 0.15) is 11.8 Å². The Labute approximate surface area is 245 Å². The van der Waals surface area contributed by atoms with Gasteiger partial charge in [0.2, 0.25) is 26.8 Å². The van der Waals surface area contributed by atoms with Crippen LogP contribution in [-0.4, -0.2) is 59.8 Å². The molecule has 1 atom stereocenters. The van der Waals surface area contributed by atoms with Crippen molar-refractivity contribution in [3.05, 3.63) is 82.9 Å². The van der Waals surface area contributed by atoms with Crippen molar-refractivity contribution in [1.29, 1.82) is 0 Å². The van der Waals surface area contributed by atoms with Gasteiger partial charge in [0, 0.05) is 13.1 Å². The van der Waals surface area contributed by atoms with Crippen LogP contribution in [0, 0.1) is 13.8 Å². The summed E-state index contributed by atoms with van der Waals surface area (Å²) in [7, 11) is -6.77. The SMILES string of the molecule is COc1cc(C)c(S(=O)(=O)N(Cc2ccc3c(c2)OCO3)[C@H](CNS(C)(=O)=O)C(=O)NOCc2ccccc2)c(C)c1. The summed E-state index contributed by atoms with van der Waals surface area (Å²) in [5.41, 5.74) is 4.32. The number of ether oxygens (including phenoxy) is 3. The third kappa shape index (κ3) is 7.57. The van der Waals surface area contributed by atoms with E-state index in [-0.39, 0.29) is 24.8 Å². The zero-order valence-corrected chi connectivity index (χ0v) is 25.3. The molecule has 4 rings (SSSR count). The lowest BCUT2D eigenvalue weighted by Gasteiger charge is -2.31. The number of hydrogen-bond acceptors (Lipinski definition) is 9. The van der Waals surface area contributed by atoms with Crippen LogP contribution in [0.15, 0.2) is 65.6 Å². The molecule has 0 aromatic heterocycles. The number of amides is 1. The normalized spacial score (nSPS) is 13.6. The van der Waals surface area contributed by atoms with Gasteiger partial charge in [-0.15, -0.1) is 0 Å². The Morgan fingerprint density at radius 2 is 1.62 bits per heavy atom. The molecular formula is C28H33N3O9S2. The Morgan fingerprint density at radius 3 is 2.26 bits per heavy atom. The second-order valence-electron chi connectivity index (χ2n) is 9.71. The Bertz CT molecular complexity index is 1620. The van der Waals surface area contributed by atoms with Crippen molar-refractivity contribution in [3.63, 3.8) is 0 Å². The average molecular weight is 620 g/mol. The second-order valence-corrected chi connectivity index (χ2v) is 13.4. The second kappa shape index (κ2) is 13.1. The molecule has 3 aromatic carbocycles. The molecule has 0 aliphatic carbocycles. The van der Waals surface area contributed by atoms with Gasteiger partial charge in [-0.1, -0.05) is 36.4 Å². The molecule has 0 radical (unpaired) electrons. The summed E-state index contributed by atoms with van der Waals surface area (Å²) >= 11 is 0. The molecule has 0 spiro atoms. The van der Waals surface area contributed by atoms with Crippen LogP contribution in [-0.2, 0) is 42.8 Å². The first-order chi connectivity index (χ1) is 19.9. The third-order valence-corrected chi connectivity index (χ3v) is 9.31. The molecular weight excluding hydrogens is 586 g/mol. The lowest BCUT2D eigenvalue weighted by atomic mass is 10.1. The fourth-order valence-electron chi connectivity index (χ4n) is 4.52. The maximum Gasteiger partial charge on any atom is 0.263 e. The highest BCUT2D eigenvalue weighted by molar-refractivity contribution is 7.89. The quantitative estimate of drug-likeness (QED) is 0.275. The van der Waals surface area contributed by atoms with Crippen LogP contribution in [0.1, 0.15) is 22.3 Å². The van der Waals surface area contributed by atoms with Gasteiger partial charge in [0.25, 0.3) is 5.91 Å².